The highest BCUT2D eigenvalue weighted by molar-refractivity contribution is 9.11. The van der Waals surface area contributed by atoms with Crippen LogP contribution in [0, 0.1) is 0 Å². The molecule has 0 saturated heterocycles. The van der Waals surface area contributed by atoms with Gasteiger partial charge in [0.25, 0.3) is 0 Å². The van der Waals surface area contributed by atoms with Gasteiger partial charge in [0, 0.05) is 24.5 Å². The lowest BCUT2D eigenvalue weighted by Gasteiger charge is -2.24. The van der Waals surface area contributed by atoms with E-state index in [0.717, 1.165) is 11.3 Å². The molecule has 1 aliphatic heterocycles. The highest BCUT2D eigenvalue weighted by atomic mass is 79.9. The van der Waals surface area contributed by atoms with Gasteiger partial charge in [-0.15, -0.1) is 11.3 Å². The molecule has 0 saturated carbocycles. The van der Waals surface area contributed by atoms with Crippen molar-refractivity contribution in [1.82, 2.24) is 4.31 Å². The van der Waals surface area contributed by atoms with E-state index in [1.54, 1.807) is 6.07 Å². The van der Waals surface area contributed by atoms with Crippen LogP contribution in [0.2, 0.25) is 0 Å². The Balaban J connectivity index is 2.33. The average molecular weight is 351 g/mol. The van der Waals surface area contributed by atoms with Gasteiger partial charge in [-0.2, -0.15) is 4.31 Å². The van der Waals surface area contributed by atoms with E-state index in [1.807, 2.05) is 13.0 Å². The molecular formula is C11H15BrN2O2S2. The van der Waals surface area contributed by atoms with Crippen molar-refractivity contribution >= 4 is 37.3 Å². The smallest absolute Gasteiger partial charge is 0.245 e. The zero-order chi connectivity index (χ0) is 13.3. The van der Waals surface area contributed by atoms with E-state index >= 15 is 0 Å². The van der Waals surface area contributed by atoms with Crippen LogP contribution in [0.15, 0.2) is 26.4 Å². The molecule has 0 radical (unpaired) electrons. The predicted molar refractivity (Wildman–Crippen MR) is 77.0 cm³/mol. The molecule has 0 fully saturated rings. The topological polar surface area (TPSA) is 63.4 Å². The van der Waals surface area contributed by atoms with Gasteiger partial charge in [-0.3, -0.25) is 0 Å². The van der Waals surface area contributed by atoms with Crippen LogP contribution in [-0.4, -0.2) is 25.8 Å². The SMILES string of the molecule is CC1=CCN(S(=O)(=O)c2cc(CN)sc2Br)CC1. The summed E-state index contributed by atoms with van der Waals surface area (Å²) >= 11 is 4.69. The molecule has 0 bridgehead atoms. The predicted octanol–water partition coefficient (Wildman–Crippen LogP) is 2.31. The molecule has 2 rings (SSSR count). The maximum atomic E-state index is 12.5. The van der Waals surface area contributed by atoms with E-state index in [-0.39, 0.29) is 0 Å². The van der Waals surface area contributed by atoms with Crippen molar-refractivity contribution in [3.05, 3.63) is 26.4 Å². The van der Waals surface area contributed by atoms with Crippen molar-refractivity contribution in [2.75, 3.05) is 13.1 Å². The average Bonchev–Trinajstić information content (AvgIpc) is 2.72. The maximum Gasteiger partial charge on any atom is 0.245 e. The van der Waals surface area contributed by atoms with Crippen molar-refractivity contribution in [3.8, 4) is 0 Å². The summed E-state index contributed by atoms with van der Waals surface area (Å²) in [4.78, 5) is 1.20. The summed E-state index contributed by atoms with van der Waals surface area (Å²) in [6.07, 6.45) is 2.76. The van der Waals surface area contributed by atoms with Gasteiger partial charge in [0.05, 0.1) is 3.79 Å². The monoisotopic (exact) mass is 350 g/mol. The summed E-state index contributed by atoms with van der Waals surface area (Å²) in [7, 11) is -3.41. The lowest BCUT2D eigenvalue weighted by Crippen LogP contribution is -2.34. The molecule has 0 spiro atoms. The summed E-state index contributed by atoms with van der Waals surface area (Å²) in [5.74, 6) is 0. The standard InChI is InChI=1S/C11H15BrN2O2S2/c1-8-2-4-14(5-3-8)18(15,16)10-6-9(7-13)17-11(10)12/h2,6H,3-5,7,13H2,1H3. The summed E-state index contributed by atoms with van der Waals surface area (Å²) in [6.45, 7) is 3.38. The minimum atomic E-state index is -3.41. The molecule has 100 valence electrons. The van der Waals surface area contributed by atoms with Gasteiger partial charge < -0.3 is 5.73 Å². The van der Waals surface area contributed by atoms with E-state index in [2.05, 4.69) is 15.9 Å². The summed E-state index contributed by atoms with van der Waals surface area (Å²) in [6, 6.07) is 1.66. The first-order valence-corrected chi connectivity index (χ1v) is 8.64. The molecule has 18 heavy (non-hydrogen) atoms. The lowest BCUT2D eigenvalue weighted by molar-refractivity contribution is 0.431. The number of thiophene rings is 1. The molecule has 0 atom stereocenters. The van der Waals surface area contributed by atoms with Gasteiger partial charge in [0.1, 0.15) is 4.90 Å². The third-order valence-electron chi connectivity index (χ3n) is 2.92. The van der Waals surface area contributed by atoms with Crippen LogP contribution in [0.1, 0.15) is 18.2 Å². The second-order valence-electron chi connectivity index (χ2n) is 4.22. The van der Waals surface area contributed by atoms with Crippen molar-refractivity contribution < 1.29 is 8.42 Å². The van der Waals surface area contributed by atoms with Crippen LogP contribution in [0.3, 0.4) is 0 Å². The van der Waals surface area contributed by atoms with Crippen LogP contribution < -0.4 is 5.73 Å². The fourth-order valence-corrected chi connectivity index (χ4v) is 5.68. The van der Waals surface area contributed by atoms with Crippen LogP contribution in [-0.2, 0) is 16.6 Å². The number of sulfonamides is 1. The van der Waals surface area contributed by atoms with Crippen LogP contribution in [0.5, 0.6) is 0 Å². The summed E-state index contributed by atoms with van der Waals surface area (Å²) in [5, 5.41) is 0. The first-order chi connectivity index (χ1) is 8.45. The fourth-order valence-electron chi connectivity index (χ4n) is 1.78. The Bertz CT molecular complexity index is 578. The fraction of sp³-hybridized carbons (Fsp3) is 0.455. The van der Waals surface area contributed by atoms with Gasteiger partial charge in [-0.05, 0) is 35.3 Å². The Hall–Kier alpha value is -0.210. The Morgan fingerprint density at radius 1 is 1.56 bits per heavy atom. The van der Waals surface area contributed by atoms with Gasteiger partial charge in [-0.25, -0.2) is 8.42 Å². The molecule has 2 N–H and O–H groups in total. The Morgan fingerprint density at radius 2 is 2.28 bits per heavy atom. The van der Waals surface area contributed by atoms with Crippen LogP contribution in [0.4, 0.5) is 0 Å². The zero-order valence-corrected chi connectivity index (χ0v) is 13.2. The number of hydrogen-bond acceptors (Lipinski definition) is 4. The molecule has 0 unspecified atom stereocenters. The third kappa shape index (κ3) is 2.70. The molecule has 7 heteroatoms. The van der Waals surface area contributed by atoms with Crippen LogP contribution in [0.25, 0.3) is 0 Å². The highest BCUT2D eigenvalue weighted by Crippen LogP contribution is 2.34. The van der Waals surface area contributed by atoms with Crippen molar-refractivity contribution in [3.63, 3.8) is 0 Å². The molecule has 2 heterocycles. The van der Waals surface area contributed by atoms with E-state index in [0.29, 0.717) is 28.3 Å². The first-order valence-electron chi connectivity index (χ1n) is 5.59. The maximum absolute atomic E-state index is 12.5. The number of hydrogen-bond donors (Lipinski definition) is 1. The lowest BCUT2D eigenvalue weighted by atomic mass is 10.1. The molecule has 0 aliphatic carbocycles. The van der Waals surface area contributed by atoms with E-state index < -0.39 is 10.0 Å². The van der Waals surface area contributed by atoms with Gasteiger partial charge in [-0.1, -0.05) is 11.6 Å². The molecule has 0 aromatic carbocycles. The van der Waals surface area contributed by atoms with E-state index in [9.17, 15) is 8.42 Å². The second kappa shape index (κ2) is 5.42. The third-order valence-corrected chi connectivity index (χ3v) is 7.06. The minimum absolute atomic E-state index is 0.334. The van der Waals surface area contributed by atoms with E-state index in [4.69, 9.17) is 5.73 Å². The van der Waals surface area contributed by atoms with Crippen molar-refractivity contribution in [2.45, 2.75) is 24.8 Å². The molecule has 4 nitrogen and oxygen atoms in total. The number of nitrogens with two attached hydrogens (primary N) is 1. The van der Waals surface area contributed by atoms with E-state index in [1.165, 1.54) is 21.2 Å². The Labute approximate surface area is 120 Å². The normalized spacial score (nSPS) is 17.8. The molecule has 1 aromatic rings. The quantitative estimate of drug-likeness (QED) is 0.850. The second-order valence-corrected chi connectivity index (χ2v) is 8.58. The number of halogens is 1. The van der Waals surface area contributed by atoms with Crippen molar-refractivity contribution in [1.29, 1.82) is 0 Å². The molecule has 1 aliphatic rings. The molecular weight excluding hydrogens is 336 g/mol. The van der Waals surface area contributed by atoms with Gasteiger partial charge in [0.15, 0.2) is 0 Å². The van der Waals surface area contributed by atoms with Crippen LogP contribution >= 0.6 is 27.3 Å². The number of nitrogens with zero attached hydrogens (tertiary/aromatic N) is 1. The van der Waals surface area contributed by atoms with Gasteiger partial charge in [0.2, 0.25) is 10.0 Å². The number of rotatable bonds is 3. The minimum Gasteiger partial charge on any atom is -0.326 e. The van der Waals surface area contributed by atoms with Gasteiger partial charge >= 0.3 is 0 Å². The summed E-state index contributed by atoms with van der Waals surface area (Å²) in [5.41, 5.74) is 6.79. The Kier molecular flexibility index (Phi) is 4.28. The Morgan fingerprint density at radius 3 is 2.78 bits per heavy atom. The zero-order valence-electron chi connectivity index (χ0n) is 10.0. The highest BCUT2D eigenvalue weighted by Gasteiger charge is 2.28. The summed E-state index contributed by atoms with van der Waals surface area (Å²) < 4.78 is 27.1. The largest absolute Gasteiger partial charge is 0.326 e. The van der Waals surface area contributed by atoms with Crippen molar-refractivity contribution in [2.24, 2.45) is 5.73 Å². The first kappa shape index (κ1) is 14.2. The molecule has 0 amide bonds. The molecule has 1 aromatic heterocycles.